The second-order valence-electron chi connectivity index (χ2n) is 5.42. The van der Waals surface area contributed by atoms with E-state index in [-0.39, 0.29) is 11.9 Å². The Balaban J connectivity index is 1.65. The number of benzene rings is 1. The van der Waals surface area contributed by atoms with E-state index in [4.69, 9.17) is 5.11 Å². The molecule has 3 rings (SSSR count). The number of anilines is 1. The monoisotopic (exact) mass is 299 g/mol. The molecular weight excluding hydrogens is 282 g/mol. The van der Waals surface area contributed by atoms with Crippen molar-refractivity contribution in [2.45, 2.75) is 12.8 Å². The SMILES string of the molecule is O=C(O)C1CCN(C(=O)Nc2ccc3ccccc3n2)CC1. The van der Waals surface area contributed by atoms with Crippen LogP contribution in [-0.4, -0.2) is 40.1 Å². The molecule has 1 aromatic carbocycles. The normalized spacial score (nSPS) is 15.7. The number of nitrogens with one attached hydrogen (secondary N) is 1. The molecule has 0 saturated carbocycles. The van der Waals surface area contributed by atoms with Crippen LogP contribution in [0.25, 0.3) is 10.9 Å². The summed E-state index contributed by atoms with van der Waals surface area (Å²) in [6.07, 6.45) is 0.988. The zero-order chi connectivity index (χ0) is 15.5. The maximum absolute atomic E-state index is 12.2. The molecule has 6 heteroatoms. The van der Waals surface area contributed by atoms with E-state index in [0.717, 1.165) is 10.9 Å². The Hall–Kier alpha value is -2.63. The van der Waals surface area contributed by atoms with Crippen LogP contribution in [0.2, 0.25) is 0 Å². The van der Waals surface area contributed by atoms with Gasteiger partial charge in [-0.15, -0.1) is 0 Å². The number of carboxylic acid groups (broad SMARTS) is 1. The fourth-order valence-corrected chi connectivity index (χ4v) is 2.65. The van der Waals surface area contributed by atoms with Crippen LogP contribution in [0.15, 0.2) is 36.4 Å². The van der Waals surface area contributed by atoms with Crippen LogP contribution in [0.4, 0.5) is 10.6 Å². The van der Waals surface area contributed by atoms with Crippen LogP contribution >= 0.6 is 0 Å². The molecule has 22 heavy (non-hydrogen) atoms. The van der Waals surface area contributed by atoms with Gasteiger partial charge in [0.1, 0.15) is 5.82 Å². The topological polar surface area (TPSA) is 82.5 Å². The third-order valence-electron chi connectivity index (χ3n) is 3.96. The fourth-order valence-electron chi connectivity index (χ4n) is 2.65. The first-order valence-corrected chi connectivity index (χ1v) is 7.28. The van der Waals surface area contributed by atoms with Gasteiger partial charge in [0.2, 0.25) is 0 Å². The molecule has 2 N–H and O–H groups in total. The molecule has 0 spiro atoms. The standard InChI is InChI=1S/C16H17N3O3/c20-15(21)12-7-9-19(10-8-12)16(22)18-14-6-5-11-3-1-2-4-13(11)17-14/h1-6,12H,7-10H2,(H,20,21)(H,17,18,22). The van der Waals surface area contributed by atoms with Crippen LogP contribution in [0.3, 0.4) is 0 Å². The Labute approximate surface area is 127 Å². The summed E-state index contributed by atoms with van der Waals surface area (Å²) in [7, 11) is 0. The highest BCUT2D eigenvalue weighted by atomic mass is 16.4. The predicted octanol–water partition coefficient (Wildman–Crippen LogP) is 2.56. The fraction of sp³-hybridized carbons (Fsp3) is 0.312. The molecule has 0 radical (unpaired) electrons. The van der Waals surface area contributed by atoms with Crippen molar-refractivity contribution < 1.29 is 14.7 Å². The van der Waals surface area contributed by atoms with E-state index in [1.54, 1.807) is 11.0 Å². The number of hydrogen-bond donors (Lipinski definition) is 2. The number of carbonyl (C=O) groups excluding carboxylic acids is 1. The molecule has 2 amide bonds. The summed E-state index contributed by atoms with van der Waals surface area (Å²) >= 11 is 0. The van der Waals surface area contributed by atoms with Crippen molar-refractivity contribution in [2.24, 2.45) is 5.92 Å². The van der Waals surface area contributed by atoms with Gasteiger partial charge in [-0.1, -0.05) is 18.2 Å². The predicted molar refractivity (Wildman–Crippen MR) is 82.7 cm³/mol. The number of aromatic nitrogens is 1. The van der Waals surface area contributed by atoms with Crippen LogP contribution in [0.5, 0.6) is 0 Å². The number of aliphatic carboxylic acids is 1. The number of pyridine rings is 1. The molecule has 0 bridgehead atoms. The van der Waals surface area contributed by atoms with Crippen LogP contribution in [0.1, 0.15) is 12.8 Å². The maximum Gasteiger partial charge on any atom is 0.323 e. The number of rotatable bonds is 2. The Kier molecular flexibility index (Phi) is 3.91. The van der Waals surface area contributed by atoms with E-state index in [9.17, 15) is 9.59 Å². The first kappa shape index (κ1) is 14.3. The third-order valence-corrected chi connectivity index (χ3v) is 3.96. The zero-order valence-corrected chi connectivity index (χ0v) is 12.0. The van der Waals surface area contributed by atoms with Gasteiger partial charge in [0.05, 0.1) is 11.4 Å². The molecule has 1 aliphatic heterocycles. The minimum absolute atomic E-state index is 0.230. The summed E-state index contributed by atoms with van der Waals surface area (Å²) in [6.45, 7) is 0.909. The highest BCUT2D eigenvalue weighted by Crippen LogP contribution is 2.19. The highest BCUT2D eigenvalue weighted by Gasteiger charge is 2.27. The van der Waals surface area contributed by atoms with E-state index in [0.29, 0.717) is 31.7 Å². The average molecular weight is 299 g/mol. The van der Waals surface area contributed by atoms with Gasteiger partial charge in [-0.05, 0) is 31.0 Å². The number of carbonyl (C=O) groups is 2. The van der Waals surface area contributed by atoms with Crippen molar-refractivity contribution in [3.63, 3.8) is 0 Å². The second kappa shape index (κ2) is 6.01. The van der Waals surface area contributed by atoms with Crippen molar-refractivity contribution in [1.29, 1.82) is 0 Å². The smallest absolute Gasteiger partial charge is 0.323 e. The molecule has 2 heterocycles. The number of piperidine rings is 1. The first-order valence-electron chi connectivity index (χ1n) is 7.28. The number of nitrogens with zero attached hydrogens (tertiary/aromatic N) is 2. The van der Waals surface area contributed by atoms with Crippen molar-refractivity contribution in [1.82, 2.24) is 9.88 Å². The van der Waals surface area contributed by atoms with Gasteiger partial charge in [0, 0.05) is 18.5 Å². The summed E-state index contributed by atoms with van der Waals surface area (Å²) in [5.41, 5.74) is 0.824. The second-order valence-corrected chi connectivity index (χ2v) is 5.42. The molecule has 6 nitrogen and oxygen atoms in total. The lowest BCUT2D eigenvalue weighted by atomic mass is 9.97. The Bertz CT molecular complexity index is 709. The average Bonchev–Trinajstić information content (AvgIpc) is 2.55. The molecule has 0 atom stereocenters. The van der Waals surface area contributed by atoms with Gasteiger partial charge in [0.25, 0.3) is 0 Å². The first-order chi connectivity index (χ1) is 10.6. The van der Waals surface area contributed by atoms with Gasteiger partial charge < -0.3 is 10.0 Å². The maximum atomic E-state index is 12.2. The highest BCUT2D eigenvalue weighted by molar-refractivity contribution is 5.90. The van der Waals surface area contributed by atoms with Crippen molar-refractivity contribution in [2.75, 3.05) is 18.4 Å². The molecule has 114 valence electrons. The van der Waals surface area contributed by atoms with Gasteiger partial charge in [-0.2, -0.15) is 0 Å². The third kappa shape index (κ3) is 3.00. The van der Waals surface area contributed by atoms with Crippen LogP contribution in [0, 0.1) is 5.92 Å². The molecule has 1 fully saturated rings. The summed E-state index contributed by atoms with van der Waals surface area (Å²) < 4.78 is 0. The largest absolute Gasteiger partial charge is 0.481 e. The number of hydrogen-bond acceptors (Lipinski definition) is 3. The molecule has 0 unspecified atom stereocenters. The van der Waals surface area contributed by atoms with Gasteiger partial charge in [-0.25, -0.2) is 9.78 Å². The minimum atomic E-state index is -0.781. The van der Waals surface area contributed by atoms with Crippen molar-refractivity contribution >= 4 is 28.7 Å². The van der Waals surface area contributed by atoms with E-state index in [1.165, 1.54) is 0 Å². The van der Waals surface area contributed by atoms with Crippen LogP contribution in [-0.2, 0) is 4.79 Å². The Morgan fingerprint density at radius 3 is 2.59 bits per heavy atom. The van der Waals surface area contributed by atoms with E-state index in [2.05, 4.69) is 10.3 Å². The molecular formula is C16H17N3O3. The number of likely N-dealkylation sites (tertiary alicyclic amines) is 1. The number of carboxylic acids is 1. The Morgan fingerprint density at radius 2 is 1.86 bits per heavy atom. The summed E-state index contributed by atoms with van der Waals surface area (Å²) in [4.78, 5) is 29.2. The lowest BCUT2D eigenvalue weighted by Crippen LogP contribution is -2.42. The van der Waals surface area contributed by atoms with Crippen molar-refractivity contribution in [3.8, 4) is 0 Å². The zero-order valence-electron chi connectivity index (χ0n) is 12.0. The summed E-state index contributed by atoms with van der Waals surface area (Å²) in [5, 5.41) is 12.8. The van der Waals surface area contributed by atoms with Crippen LogP contribution < -0.4 is 5.32 Å². The Morgan fingerprint density at radius 1 is 1.14 bits per heavy atom. The minimum Gasteiger partial charge on any atom is -0.481 e. The molecule has 2 aromatic rings. The summed E-state index contributed by atoms with van der Waals surface area (Å²) in [6, 6.07) is 11.1. The summed E-state index contributed by atoms with van der Waals surface area (Å²) in [5.74, 6) is -0.622. The quantitative estimate of drug-likeness (QED) is 0.892. The number of fused-ring (bicyclic) bond motifs is 1. The van der Waals surface area contributed by atoms with E-state index in [1.807, 2.05) is 30.3 Å². The van der Waals surface area contributed by atoms with Crippen molar-refractivity contribution in [3.05, 3.63) is 36.4 Å². The van der Waals surface area contributed by atoms with Gasteiger partial charge in [-0.3, -0.25) is 10.1 Å². The number of para-hydroxylation sites is 1. The van der Waals surface area contributed by atoms with E-state index < -0.39 is 5.97 Å². The number of amides is 2. The lowest BCUT2D eigenvalue weighted by molar-refractivity contribution is -0.143. The molecule has 1 aromatic heterocycles. The molecule has 1 saturated heterocycles. The van der Waals surface area contributed by atoms with Gasteiger partial charge >= 0.3 is 12.0 Å². The molecule has 1 aliphatic rings. The number of urea groups is 1. The lowest BCUT2D eigenvalue weighted by Gasteiger charge is -2.30. The van der Waals surface area contributed by atoms with E-state index >= 15 is 0 Å². The molecule has 0 aliphatic carbocycles. The van der Waals surface area contributed by atoms with Gasteiger partial charge in [0.15, 0.2) is 0 Å².